The summed E-state index contributed by atoms with van der Waals surface area (Å²) < 4.78 is 0. The smallest absolute Gasteiger partial charge is 0.251 e. The van der Waals surface area contributed by atoms with E-state index in [9.17, 15) is 4.79 Å². The van der Waals surface area contributed by atoms with E-state index in [1.807, 2.05) is 56.3 Å². The topological polar surface area (TPSA) is 66.9 Å². The summed E-state index contributed by atoms with van der Waals surface area (Å²) in [5.74, 6) is 0.447. The zero-order chi connectivity index (χ0) is 20.2. The molecule has 5 nitrogen and oxygen atoms in total. The van der Waals surface area contributed by atoms with Crippen LogP contribution in [-0.2, 0) is 6.54 Å². The molecule has 0 aliphatic heterocycles. The fourth-order valence-corrected chi connectivity index (χ4v) is 3.34. The van der Waals surface area contributed by atoms with Crippen molar-refractivity contribution in [1.82, 2.24) is 15.3 Å². The van der Waals surface area contributed by atoms with Gasteiger partial charge in [-0.1, -0.05) is 42.5 Å². The number of aromatic nitrogens is 2. The fourth-order valence-electron chi connectivity index (χ4n) is 3.34. The summed E-state index contributed by atoms with van der Waals surface area (Å²) in [6.45, 7) is 4.35. The molecular weight excluding hydrogens is 360 g/mol. The van der Waals surface area contributed by atoms with E-state index in [-0.39, 0.29) is 5.91 Å². The Balaban J connectivity index is 1.42. The number of anilines is 2. The van der Waals surface area contributed by atoms with Crippen LogP contribution in [0.25, 0.3) is 10.8 Å². The molecule has 0 unspecified atom stereocenters. The molecule has 0 bridgehead atoms. The van der Waals surface area contributed by atoms with Gasteiger partial charge < -0.3 is 10.6 Å². The van der Waals surface area contributed by atoms with Crippen molar-refractivity contribution in [2.45, 2.75) is 20.4 Å². The van der Waals surface area contributed by atoms with Crippen LogP contribution in [0.4, 0.5) is 11.6 Å². The second-order valence-electron chi connectivity index (χ2n) is 7.00. The fraction of sp³-hybridized carbons (Fsp3) is 0.125. The Morgan fingerprint density at radius 1 is 0.862 bits per heavy atom. The van der Waals surface area contributed by atoms with Gasteiger partial charge in [0.05, 0.1) is 0 Å². The van der Waals surface area contributed by atoms with Crippen molar-refractivity contribution in [3.8, 4) is 0 Å². The number of carbonyl (C=O) groups excluding carboxylic acids is 1. The molecule has 0 spiro atoms. The second-order valence-corrected chi connectivity index (χ2v) is 7.00. The van der Waals surface area contributed by atoms with Crippen LogP contribution in [0, 0.1) is 13.8 Å². The molecule has 144 valence electrons. The van der Waals surface area contributed by atoms with E-state index in [2.05, 4.69) is 38.8 Å². The number of hydrogen-bond acceptors (Lipinski definition) is 4. The van der Waals surface area contributed by atoms with E-state index in [1.54, 1.807) is 12.1 Å². The van der Waals surface area contributed by atoms with Crippen LogP contribution < -0.4 is 10.6 Å². The van der Waals surface area contributed by atoms with Gasteiger partial charge in [-0.15, -0.1) is 0 Å². The number of aryl methyl sites for hydroxylation is 2. The van der Waals surface area contributed by atoms with Crippen LogP contribution in [0.5, 0.6) is 0 Å². The van der Waals surface area contributed by atoms with Gasteiger partial charge >= 0.3 is 0 Å². The molecule has 3 aromatic carbocycles. The first-order valence-electron chi connectivity index (χ1n) is 9.53. The lowest BCUT2D eigenvalue weighted by Crippen LogP contribution is -2.22. The van der Waals surface area contributed by atoms with E-state index in [0.717, 1.165) is 28.0 Å². The molecule has 4 rings (SSSR count). The minimum absolute atomic E-state index is 0.105. The monoisotopic (exact) mass is 382 g/mol. The van der Waals surface area contributed by atoms with Crippen LogP contribution in [0.3, 0.4) is 0 Å². The van der Waals surface area contributed by atoms with Crippen molar-refractivity contribution >= 4 is 28.3 Å². The average Bonchev–Trinajstić information content (AvgIpc) is 2.72. The van der Waals surface area contributed by atoms with Crippen molar-refractivity contribution in [2.24, 2.45) is 0 Å². The van der Waals surface area contributed by atoms with Gasteiger partial charge in [-0.2, -0.15) is 0 Å². The summed E-state index contributed by atoms with van der Waals surface area (Å²) in [5, 5.41) is 8.51. The minimum Gasteiger partial charge on any atom is -0.348 e. The average molecular weight is 382 g/mol. The van der Waals surface area contributed by atoms with Crippen molar-refractivity contribution in [3.63, 3.8) is 0 Å². The lowest BCUT2D eigenvalue weighted by molar-refractivity contribution is 0.0951. The van der Waals surface area contributed by atoms with Crippen molar-refractivity contribution in [1.29, 1.82) is 0 Å². The van der Waals surface area contributed by atoms with Crippen molar-refractivity contribution in [3.05, 3.63) is 95.3 Å². The minimum atomic E-state index is -0.105. The molecule has 2 N–H and O–H groups in total. The summed E-state index contributed by atoms with van der Waals surface area (Å²) in [5.41, 5.74) is 4.35. The number of benzene rings is 3. The zero-order valence-electron chi connectivity index (χ0n) is 16.4. The van der Waals surface area contributed by atoms with Gasteiger partial charge in [0.1, 0.15) is 0 Å². The maximum absolute atomic E-state index is 12.6. The molecule has 0 aliphatic carbocycles. The Bertz CT molecular complexity index is 1140. The van der Waals surface area contributed by atoms with E-state index in [0.29, 0.717) is 18.1 Å². The molecular formula is C24H22N4O. The van der Waals surface area contributed by atoms with Crippen molar-refractivity contribution in [2.75, 3.05) is 5.32 Å². The highest BCUT2D eigenvalue weighted by Gasteiger charge is 2.08. The first-order chi connectivity index (χ1) is 14.1. The van der Waals surface area contributed by atoms with E-state index < -0.39 is 0 Å². The standard InChI is InChI=1S/C24H22N4O/c1-16-14-17(2)27-24(26-16)28-21-12-10-19(11-13-21)23(29)25-15-20-8-5-7-18-6-3-4-9-22(18)20/h3-14H,15H2,1-2H3,(H,25,29)(H,26,27,28). The van der Waals surface area contributed by atoms with Crippen molar-refractivity contribution < 1.29 is 4.79 Å². The van der Waals surface area contributed by atoms with Gasteiger partial charge in [0.2, 0.25) is 5.95 Å². The largest absolute Gasteiger partial charge is 0.348 e. The molecule has 0 radical (unpaired) electrons. The molecule has 1 aromatic heterocycles. The summed E-state index contributed by atoms with van der Waals surface area (Å²) in [6, 6.07) is 23.5. The summed E-state index contributed by atoms with van der Waals surface area (Å²) in [7, 11) is 0. The lowest BCUT2D eigenvalue weighted by atomic mass is 10.0. The summed E-state index contributed by atoms with van der Waals surface area (Å²) >= 11 is 0. The molecule has 0 saturated carbocycles. The number of amides is 1. The first-order valence-corrected chi connectivity index (χ1v) is 9.53. The molecule has 5 heteroatoms. The third-order valence-corrected chi connectivity index (χ3v) is 4.70. The van der Waals surface area contributed by atoms with Crippen LogP contribution >= 0.6 is 0 Å². The summed E-state index contributed by atoms with van der Waals surface area (Å²) in [6.07, 6.45) is 0. The molecule has 0 aliphatic rings. The highest BCUT2D eigenvalue weighted by atomic mass is 16.1. The molecule has 0 saturated heterocycles. The molecule has 4 aromatic rings. The lowest BCUT2D eigenvalue weighted by Gasteiger charge is -2.10. The number of nitrogens with one attached hydrogen (secondary N) is 2. The van der Waals surface area contributed by atoms with Gasteiger partial charge in [-0.3, -0.25) is 4.79 Å². The molecule has 0 fully saturated rings. The summed E-state index contributed by atoms with van der Waals surface area (Å²) in [4.78, 5) is 21.3. The predicted molar refractivity (Wildman–Crippen MR) is 116 cm³/mol. The van der Waals surface area contributed by atoms with Crippen LogP contribution in [0.1, 0.15) is 27.3 Å². The predicted octanol–water partition coefficient (Wildman–Crippen LogP) is 4.92. The molecule has 29 heavy (non-hydrogen) atoms. The Morgan fingerprint density at radius 3 is 2.31 bits per heavy atom. The van der Waals surface area contributed by atoms with Gasteiger partial charge in [0.15, 0.2) is 0 Å². The first kappa shape index (κ1) is 18.6. The highest BCUT2D eigenvalue weighted by Crippen LogP contribution is 2.19. The third-order valence-electron chi connectivity index (χ3n) is 4.70. The SMILES string of the molecule is Cc1cc(C)nc(Nc2ccc(C(=O)NCc3cccc4ccccc34)cc2)n1. The number of fused-ring (bicyclic) bond motifs is 1. The molecule has 1 amide bonds. The maximum atomic E-state index is 12.6. The normalized spacial score (nSPS) is 10.7. The Labute approximate surface area is 169 Å². The van der Waals surface area contributed by atoms with Gasteiger partial charge in [-0.25, -0.2) is 9.97 Å². The van der Waals surface area contributed by atoms with E-state index in [1.165, 1.54) is 5.39 Å². The van der Waals surface area contributed by atoms with Crippen LogP contribution in [-0.4, -0.2) is 15.9 Å². The van der Waals surface area contributed by atoms with Gasteiger partial charge in [0, 0.05) is 29.2 Å². The second kappa shape index (κ2) is 8.10. The number of rotatable bonds is 5. The molecule has 0 atom stereocenters. The zero-order valence-corrected chi connectivity index (χ0v) is 16.4. The Hall–Kier alpha value is -3.73. The van der Waals surface area contributed by atoms with E-state index in [4.69, 9.17) is 0 Å². The van der Waals surface area contributed by atoms with Gasteiger partial charge in [0.25, 0.3) is 5.91 Å². The number of nitrogens with zero attached hydrogens (tertiary/aromatic N) is 2. The van der Waals surface area contributed by atoms with E-state index >= 15 is 0 Å². The van der Waals surface area contributed by atoms with Crippen LogP contribution in [0.15, 0.2) is 72.8 Å². The quantitative estimate of drug-likeness (QED) is 0.514. The highest BCUT2D eigenvalue weighted by molar-refractivity contribution is 5.95. The van der Waals surface area contributed by atoms with Gasteiger partial charge in [-0.05, 0) is 60.5 Å². The number of carbonyl (C=O) groups is 1. The Morgan fingerprint density at radius 2 is 1.55 bits per heavy atom. The molecule has 1 heterocycles. The Kier molecular flexibility index (Phi) is 5.20. The van der Waals surface area contributed by atoms with Crippen LogP contribution in [0.2, 0.25) is 0 Å². The maximum Gasteiger partial charge on any atom is 0.251 e. The third kappa shape index (κ3) is 4.41. The number of hydrogen-bond donors (Lipinski definition) is 2.